The van der Waals surface area contributed by atoms with Gasteiger partial charge in [0.2, 0.25) is 0 Å². The fourth-order valence-corrected chi connectivity index (χ4v) is 3.89. The van der Waals surface area contributed by atoms with E-state index in [9.17, 15) is 4.39 Å². The molecule has 0 aliphatic heterocycles. The molecular formula is C19H22FN. The number of allylic oxidation sites excluding steroid dienone is 2. The van der Waals surface area contributed by atoms with E-state index in [4.69, 9.17) is 5.26 Å². The summed E-state index contributed by atoms with van der Waals surface area (Å²) in [6.45, 7) is 2.29. The SMILES string of the molecule is CCC1CCC(C2=CCc3cc(C#N)c(F)cc3C2)CC1. The summed E-state index contributed by atoms with van der Waals surface area (Å²) in [7, 11) is 0. The lowest BCUT2D eigenvalue weighted by Crippen LogP contribution is -2.19. The molecule has 0 radical (unpaired) electrons. The summed E-state index contributed by atoms with van der Waals surface area (Å²) in [5.74, 6) is 1.24. The first-order valence-corrected chi connectivity index (χ1v) is 8.11. The molecule has 0 unspecified atom stereocenters. The summed E-state index contributed by atoms with van der Waals surface area (Å²) < 4.78 is 13.8. The number of hydrogen-bond acceptors (Lipinski definition) is 1. The quantitative estimate of drug-likeness (QED) is 0.705. The molecule has 21 heavy (non-hydrogen) atoms. The molecule has 0 N–H and O–H groups in total. The summed E-state index contributed by atoms with van der Waals surface area (Å²) in [6, 6.07) is 5.25. The average molecular weight is 283 g/mol. The Labute approximate surface area is 126 Å². The molecule has 0 heterocycles. The van der Waals surface area contributed by atoms with E-state index >= 15 is 0 Å². The molecule has 2 aliphatic carbocycles. The molecule has 2 heteroatoms. The number of benzene rings is 1. The zero-order valence-corrected chi connectivity index (χ0v) is 12.7. The van der Waals surface area contributed by atoms with Crippen LogP contribution in [0.5, 0.6) is 0 Å². The van der Waals surface area contributed by atoms with Crippen LogP contribution in [-0.4, -0.2) is 0 Å². The Morgan fingerprint density at radius 1 is 1.19 bits per heavy atom. The molecule has 0 aromatic heterocycles. The van der Waals surface area contributed by atoms with Gasteiger partial charge >= 0.3 is 0 Å². The maximum atomic E-state index is 13.8. The van der Waals surface area contributed by atoms with E-state index in [1.165, 1.54) is 37.7 Å². The smallest absolute Gasteiger partial charge is 0.141 e. The van der Waals surface area contributed by atoms with Crippen LogP contribution >= 0.6 is 0 Å². The Morgan fingerprint density at radius 3 is 2.62 bits per heavy atom. The van der Waals surface area contributed by atoms with Crippen molar-refractivity contribution in [2.75, 3.05) is 0 Å². The van der Waals surface area contributed by atoms with Gasteiger partial charge in [-0.25, -0.2) is 4.39 Å². The highest BCUT2D eigenvalue weighted by Gasteiger charge is 2.25. The summed E-state index contributed by atoms with van der Waals surface area (Å²) in [5.41, 5.74) is 3.88. The number of nitriles is 1. The van der Waals surface area contributed by atoms with Crippen molar-refractivity contribution in [2.24, 2.45) is 11.8 Å². The Morgan fingerprint density at radius 2 is 1.95 bits per heavy atom. The third kappa shape index (κ3) is 2.88. The van der Waals surface area contributed by atoms with Gasteiger partial charge in [0, 0.05) is 0 Å². The number of hydrogen-bond donors (Lipinski definition) is 0. The standard InChI is InChI=1S/C19H22FN/c1-2-13-3-5-14(6-4-13)15-7-8-16-10-18(12-21)19(20)11-17(16)9-15/h7,10-11,13-14H,2-6,8-9H2,1H3. The van der Waals surface area contributed by atoms with E-state index in [0.29, 0.717) is 5.92 Å². The molecule has 1 saturated carbocycles. The zero-order valence-electron chi connectivity index (χ0n) is 12.7. The maximum Gasteiger partial charge on any atom is 0.141 e. The van der Waals surface area contributed by atoms with E-state index < -0.39 is 0 Å². The second-order valence-electron chi connectivity index (χ2n) is 6.50. The van der Waals surface area contributed by atoms with Crippen LogP contribution in [0.2, 0.25) is 0 Å². The molecular weight excluding hydrogens is 261 g/mol. The molecule has 0 bridgehead atoms. The van der Waals surface area contributed by atoms with Gasteiger partial charge in [0.25, 0.3) is 0 Å². The van der Waals surface area contributed by atoms with E-state index in [2.05, 4.69) is 13.0 Å². The lowest BCUT2D eigenvalue weighted by molar-refractivity contribution is 0.292. The van der Waals surface area contributed by atoms with Crippen molar-refractivity contribution in [3.8, 4) is 6.07 Å². The third-order valence-electron chi connectivity index (χ3n) is 5.34. The van der Waals surface area contributed by atoms with Gasteiger partial charge in [-0.05, 0) is 73.6 Å². The van der Waals surface area contributed by atoms with Crippen molar-refractivity contribution in [1.82, 2.24) is 0 Å². The van der Waals surface area contributed by atoms with Crippen molar-refractivity contribution in [1.29, 1.82) is 5.26 Å². The van der Waals surface area contributed by atoms with Crippen LogP contribution in [0.15, 0.2) is 23.8 Å². The lowest BCUT2D eigenvalue weighted by atomic mass is 9.74. The first-order chi connectivity index (χ1) is 10.2. The maximum absolute atomic E-state index is 13.8. The molecule has 1 fully saturated rings. The van der Waals surface area contributed by atoms with Gasteiger partial charge in [-0.1, -0.05) is 25.0 Å². The first kappa shape index (κ1) is 14.3. The Balaban J connectivity index is 1.74. The Kier molecular flexibility index (Phi) is 4.10. The number of rotatable bonds is 2. The minimum absolute atomic E-state index is 0.175. The van der Waals surface area contributed by atoms with Crippen LogP contribution in [-0.2, 0) is 12.8 Å². The molecule has 3 rings (SSSR count). The summed E-state index contributed by atoms with van der Waals surface area (Å²) in [6.07, 6.45) is 10.6. The number of fused-ring (bicyclic) bond motifs is 1. The summed E-state index contributed by atoms with van der Waals surface area (Å²) >= 11 is 0. The van der Waals surface area contributed by atoms with Crippen molar-refractivity contribution in [3.63, 3.8) is 0 Å². The minimum Gasteiger partial charge on any atom is -0.206 e. The molecule has 0 amide bonds. The van der Waals surface area contributed by atoms with E-state index in [-0.39, 0.29) is 11.4 Å². The molecule has 0 atom stereocenters. The highest BCUT2D eigenvalue weighted by atomic mass is 19.1. The van der Waals surface area contributed by atoms with E-state index in [1.807, 2.05) is 6.07 Å². The zero-order chi connectivity index (χ0) is 14.8. The summed E-state index contributed by atoms with van der Waals surface area (Å²) in [5, 5.41) is 8.92. The topological polar surface area (TPSA) is 23.8 Å². The number of halogens is 1. The molecule has 1 aromatic carbocycles. The predicted molar refractivity (Wildman–Crippen MR) is 82.3 cm³/mol. The average Bonchev–Trinajstić information content (AvgIpc) is 2.53. The van der Waals surface area contributed by atoms with Gasteiger partial charge in [-0.3, -0.25) is 0 Å². The largest absolute Gasteiger partial charge is 0.206 e. The fourth-order valence-electron chi connectivity index (χ4n) is 3.89. The van der Waals surface area contributed by atoms with Crippen LogP contribution in [0.1, 0.15) is 55.7 Å². The van der Waals surface area contributed by atoms with Crippen molar-refractivity contribution in [2.45, 2.75) is 51.9 Å². The van der Waals surface area contributed by atoms with Crippen LogP contribution in [0, 0.1) is 29.0 Å². The molecule has 0 saturated heterocycles. The highest BCUT2D eigenvalue weighted by molar-refractivity contribution is 5.44. The molecule has 2 aliphatic rings. The van der Waals surface area contributed by atoms with Crippen molar-refractivity contribution in [3.05, 3.63) is 46.3 Å². The second-order valence-corrected chi connectivity index (χ2v) is 6.50. The van der Waals surface area contributed by atoms with Crippen LogP contribution in [0.4, 0.5) is 4.39 Å². The van der Waals surface area contributed by atoms with E-state index in [0.717, 1.165) is 29.9 Å². The minimum atomic E-state index is -0.368. The fraction of sp³-hybridized carbons (Fsp3) is 0.526. The van der Waals surface area contributed by atoms with Gasteiger partial charge in [-0.15, -0.1) is 0 Å². The van der Waals surface area contributed by atoms with Gasteiger partial charge in [0.05, 0.1) is 5.56 Å². The second kappa shape index (κ2) is 6.02. The normalized spacial score (nSPS) is 24.9. The van der Waals surface area contributed by atoms with Crippen molar-refractivity contribution >= 4 is 0 Å². The van der Waals surface area contributed by atoms with Gasteiger partial charge < -0.3 is 0 Å². The third-order valence-corrected chi connectivity index (χ3v) is 5.34. The van der Waals surface area contributed by atoms with Crippen LogP contribution in [0.3, 0.4) is 0 Å². The first-order valence-electron chi connectivity index (χ1n) is 8.11. The van der Waals surface area contributed by atoms with Gasteiger partial charge in [0.1, 0.15) is 11.9 Å². The lowest BCUT2D eigenvalue weighted by Gasteiger charge is -2.31. The van der Waals surface area contributed by atoms with Gasteiger partial charge in [-0.2, -0.15) is 5.26 Å². The van der Waals surface area contributed by atoms with Crippen LogP contribution in [0.25, 0.3) is 0 Å². The summed E-state index contributed by atoms with van der Waals surface area (Å²) in [4.78, 5) is 0. The van der Waals surface area contributed by atoms with Crippen molar-refractivity contribution < 1.29 is 4.39 Å². The monoisotopic (exact) mass is 283 g/mol. The Bertz CT molecular complexity index is 601. The molecule has 0 spiro atoms. The predicted octanol–water partition coefficient (Wildman–Crippen LogP) is 4.94. The van der Waals surface area contributed by atoms with Crippen LogP contribution < -0.4 is 0 Å². The molecule has 1 aromatic rings. The Hall–Kier alpha value is -1.62. The van der Waals surface area contributed by atoms with Gasteiger partial charge in [0.15, 0.2) is 0 Å². The highest BCUT2D eigenvalue weighted by Crippen LogP contribution is 2.38. The van der Waals surface area contributed by atoms with E-state index in [1.54, 1.807) is 12.1 Å². The number of nitrogens with zero attached hydrogens (tertiary/aromatic N) is 1. The molecule has 110 valence electrons. The molecule has 1 nitrogen and oxygen atoms in total.